The third-order valence-electron chi connectivity index (χ3n) is 5.62. The first-order chi connectivity index (χ1) is 9.04. The Morgan fingerprint density at radius 3 is 2.58 bits per heavy atom. The molecular weight excluding hydrogens is 274 g/mol. The number of halogens is 1. The highest BCUT2D eigenvalue weighted by atomic mass is 35.5. The van der Waals surface area contributed by atoms with Gasteiger partial charge in [0.25, 0.3) is 0 Å². The van der Waals surface area contributed by atoms with Crippen molar-refractivity contribution in [3.63, 3.8) is 0 Å². The molecule has 3 heteroatoms. The zero-order chi connectivity index (χ0) is 13.1. The molecule has 0 spiro atoms. The second-order valence-electron chi connectivity index (χ2n) is 7.61. The minimum atomic E-state index is 0.440. The number of hydrogen-bond acceptors (Lipinski definition) is 2. The summed E-state index contributed by atoms with van der Waals surface area (Å²) in [5, 5.41) is 3.93. The summed E-state index contributed by atoms with van der Waals surface area (Å²) in [4.78, 5) is 1.38. The van der Waals surface area contributed by atoms with Crippen LogP contribution >= 0.6 is 22.9 Å². The van der Waals surface area contributed by atoms with Gasteiger partial charge in [-0.2, -0.15) is 0 Å². The molecule has 0 amide bonds. The van der Waals surface area contributed by atoms with Crippen LogP contribution in [0.2, 0.25) is 4.34 Å². The lowest BCUT2D eigenvalue weighted by Crippen LogP contribution is -2.61. The largest absolute Gasteiger partial charge is 0.306 e. The monoisotopic (exact) mass is 295 g/mol. The molecular formula is C16H22ClNS. The van der Waals surface area contributed by atoms with E-state index < -0.39 is 0 Å². The third-order valence-corrected chi connectivity index (χ3v) is 6.85. The molecule has 4 aliphatic rings. The third kappa shape index (κ3) is 2.26. The molecule has 4 aliphatic carbocycles. The van der Waals surface area contributed by atoms with Gasteiger partial charge in [0.1, 0.15) is 0 Å². The maximum atomic E-state index is 6.03. The van der Waals surface area contributed by atoms with Crippen LogP contribution in [0.5, 0.6) is 0 Å². The van der Waals surface area contributed by atoms with Crippen molar-refractivity contribution in [2.24, 2.45) is 17.3 Å². The molecule has 5 rings (SSSR count). The van der Waals surface area contributed by atoms with Gasteiger partial charge in [-0.3, -0.25) is 0 Å². The van der Waals surface area contributed by atoms with Gasteiger partial charge in [0, 0.05) is 17.0 Å². The Morgan fingerprint density at radius 1 is 1.26 bits per heavy atom. The highest BCUT2D eigenvalue weighted by Gasteiger charge is 2.55. The smallest absolute Gasteiger partial charge is 0.0931 e. The molecule has 4 fully saturated rings. The van der Waals surface area contributed by atoms with Gasteiger partial charge in [0.2, 0.25) is 0 Å². The molecule has 2 unspecified atom stereocenters. The molecule has 0 aromatic carbocycles. The molecule has 1 heterocycles. The zero-order valence-corrected chi connectivity index (χ0v) is 13.1. The second kappa shape index (κ2) is 4.22. The Balaban J connectivity index is 1.51. The summed E-state index contributed by atoms with van der Waals surface area (Å²) in [6.45, 7) is 3.54. The van der Waals surface area contributed by atoms with Crippen LogP contribution in [0, 0.1) is 17.3 Å². The van der Waals surface area contributed by atoms with E-state index in [0.717, 1.165) is 22.7 Å². The van der Waals surface area contributed by atoms with Gasteiger partial charge >= 0.3 is 0 Å². The van der Waals surface area contributed by atoms with Crippen LogP contribution < -0.4 is 5.32 Å². The fourth-order valence-electron chi connectivity index (χ4n) is 5.65. The molecule has 19 heavy (non-hydrogen) atoms. The van der Waals surface area contributed by atoms with Crippen LogP contribution in [0.1, 0.15) is 50.3 Å². The maximum Gasteiger partial charge on any atom is 0.0931 e. The number of hydrogen-bond donors (Lipinski definition) is 1. The van der Waals surface area contributed by atoms with E-state index in [-0.39, 0.29) is 0 Å². The molecule has 2 atom stereocenters. The van der Waals surface area contributed by atoms with Crippen molar-refractivity contribution < 1.29 is 0 Å². The van der Waals surface area contributed by atoms with E-state index in [1.165, 1.54) is 43.4 Å². The summed E-state index contributed by atoms with van der Waals surface area (Å²) in [5.41, 5.74) is 1.07. The van der Waals surface area contributed by atoms with E-state index in [0.29, 0.717) is 11.0 Å². The minimum Gasteiger partial charge on any atom is -0.306 e. The van der Waals surface area contributed by atoms with Crippen LogP contribution in [-0.4, -0.2) is 5.54 Å². The van der Waals surface area contributed by atoms with Crippen molar-refractivity contribution in [1.82, 2.24) is 5.32 Å². The summed E-state index contributed by atoms with van der Waals surface area (Å²) in [6, 6.07) is 4.19. The molecule has 0 saturated heterocycles. The highest BCUT2D eigenvalue weighted by Crippen LogP contribution is 2.61. The first kappa shape index (κ1) is 12.7. The van der Waals surface area contributed by atoms with Crippen molar-refractivity contribution in [3.05, 3.63) is 21.3 Å². The van der Waals surface area contributed by atoms with Gasteiger partial charge in [-0.05, 0) is 67.9 Å². The number of nitrogens with one attached hydrogen (secondary N) is 1. The normalized spacial score (nSPS) is 43.9. The second-order valence-corrected chi connectivity index (χ2v) is 9.41. The molecule has 1 nitrogen and oxygen atoms in total. The Morgan fingerprint density at radius 2 is 2.00 bits per heavy atom. The van der Waals surface area contributed by atoms with E-state index >= 15 is 0 Å². The Labute approximate surface area is 124 Å². The van der Waals surface area contributed by atoms with Crippen molar-refractivity contribution >= 4 is 22.9 Å². The van der Waals surface area contributed by atoms with Gasteiger partial charge in [0.05, 0.1) is 4.34 Å². The van der Waals surface area contributed by atoms with E-state index in [1.807, 2.05) is 6.07 Å². The molecule has 1 N–H and O–H groups in total. The van der Waals surface area contributed by atoms with Crippen molar-refractivity contribution in [2.75, 3.05) is 0 Å². The van der Waals surface area contributed by atoms with Gasteiger partial charge in [0.15, 0.2) is 0 Å². The summed E-state index contributed by atoms with van der Waals surface area (Å²) >= 11 is 7.75. The lowest BCUT2D eigenvalue weighted by Gasteiger charge is -2.61. The quantitative estimate of drug-likeness (QED) is 0.840. The predicted octanol–water partition coefficient (Wildman–Crippen LogP) is 4.85. The summed E-state index contributed by atoms with van der Waals surface area (Å²) in [6.07, 6.45) is 8.70. The van der Waals surface area contributed by atoms with Gasteiger partial charge < -0.3 is 5.32 Å². The van der Waals surface area contributed by atoms with Crippen LogP contribution in [0.25, 0.3) is 0 Å². The highest BCUT2D eigenvalue weighted by molar-refractivity contribution is 7.16. The minimum absolute atomic E-state index is 0.440. The van der Waals surface area contributed by atoms with Crippen molar-refractivity contribution in [3.8, 4) is 0 Å². The Kier molecular flexibility index (Phi) is 2.82. The van der Waals surface area contributed by atoms with Crippen LogP contribution in [-0.2, 0) is 6.54 Å². The molecule has 104 valence electrons. The molecule has 0 aliphatic heterocycles. The fourth-order valence-corrected chi connectivity index (χ4v) is 6.68. The molecule has 4 bridgehead atoms. The van der Waals surface area contributed by atoms with Crippen LogP contribution in [0.3, 0.4) is 0 Å². The molecule has 1 aromatic heterocycles. The van der Waals surface area contributed by atoms with Crippen molar-refractivity contribution in [2.45, 2.75) is 57.5 Å². The van der Waals surface area contributed by atoms with Crippen LogP contribution in [0.4, 0.5) is 0 Å². The predicted molar refractivity (Wildman–Crippen MR) is 81.7 cm³/mol. The standard InChI is InChI=1S/C16H22ClNS/c1-15-5-11-4-12(6-15)8-16(7-11,10-15)18-9-13-2-3-14(17)19-13/h2-3,11-12,18H,4-10H2,1H3. The molecule has 4 saturated carbocycles. The van der Waals surface area contributed by atoms with Crippen molar-refractivity contribution in [1.29, 1.82) is 0 Å². The summed E-state index contributed by atoms with van der Waals surface area (Å²) in [5.74, 6) is 1.98. The first-order valence-corrected chi connectivity index (χ1v) is 8.73. The zero-order valence-electron chi connectivity index (χ0n) is 11.5. The fraction of sp³-hybridized carbons (Fsp3) is 0.750. The summed E-state index contributed by atoms with van der Waals surface area (Å²) in [7, 11) is 0. The average Bonchev–Trinajstić information content (AvgIpc) is 2.69. The van der Waals surface area contributed by atoms with E-state index in [9.17, 15) is 0 Å². The Hall–Kier alpha value is -0.0500. The van der Waals surface area contributed by atoms with Gasteiger partial charge in [-0.25, -0.2) is 0 Å². The first-order valence-electron chi connectivity index (χ1n) is 7.54. The van der Waals surface area contributed by atoms with Crippen LogP contribution in [0.15, 0.2) is 12.1 Å². The lowest BCUT2D eigenvalue weighted by atomic mass is 9.47. The topological polar surface area (TPSA) is 12.0 Å². The lowest BCUT2D eigenvalue weighted by molar-refractivity contribution is -0.0725. The van der Waals surface area contributed by atoms with E-state index in [2.05, 4.69) is 18.3 Å². The van der Waals surface area contributed by atoms with Gasteiger partial charge in [-0.1, -0.05) is 18.5 Å². The molecule has 1 aromatic rings. The number of thiophene rings is 1. The molecule has 0 radical (unpaired) electrons. The number of rotatable bonds is 3. The maximum absolute atomic E-state index is 6.03. The average molecular weight is 296 g/mol. The van der Waals surface area contributed by atoms with E-state index in [1.54, 1.807) is 11.3 Å². The Bertz CT molecular complexity index is 481. The van der Waals surface area contributed by atoms with E-state index in [4.69, 9.17) is 11.6 Å². The summed E-state index contributed by atoms with van der Waals surface area (Å²) < 4.78 is 0.911. The SMILES string of the molecule is CC12CC3CC(C1)CC(NCc1ccc(Cl)s1)(C3)C2. The van der Waals surface area contributed by atoms with Gasteiger partial charge in [-0.15, -0.1) is 11.3 Å².